The summed E-state index contributed by atoms with van der Waals surface area (Å²) in [7, 11) is 0. The third-order valence-electron chi connectivity index (χ3n) is 4.06. The van der Waals surface area contributed by atoms with Crippen molar-refractivity contribution in [3.8, 4) is 0 Å². The van der Waals surface area contributed by atoms with Crippen molar-refractivity contribution in [2.24, 2.45) is 0 Å². The largest absolute Gasteiger partial charge is 0.452 e. The number of rotatable bonds is 5. The molecule has 6 nitrogen and oxygen atoms in total. The predicted molar refractivity (Wildman–Crippen MR) is 93.9 cm³/mol. The molecule has 2 aromatic carbocycles. The quantitative estimate of drug-likeness (QED) is 0.517. The van der Waals surface area contributed by atoms with E-state index >= 15 is 0 Å². The van der Waals surface area contributed by atoms with Gasteiger partial charge in [0.1, 0.15) is 0 Å². The normalized spacial score (nSPS) is 10.6. The summed E-state index contributed by atoms with van der Waals surface area (Å²) in [6.45, 7) is 5.45. The van der Waals surface area contributed by atoms with Crippen LogP contribution in [0, 0.1) is 20.8 Å². The van der Waals surface area contributed by atoms with E-state index < -0.39 is 5.97 Å². The molecule has 3 aromatic rings. The van der Waals surface area contributed by atoms with Crippen LogP contribution in [0.25, 0.3) is 0 Å². The van der Waals surface area contributed by atoms with Crippen molar-refractivity contribution in [3.05, 3.63) is 82.0 Å². The Morgan fingerprint density at radius 2 is 1.73 bits per heavy atom. The van der Waals surface area contributed by atoms with E-state index in [2.05, 4.69) is 10.1 Å². The van der Waals surface area contributed by atoms with Crippen LogP contribution in [-0.2, 0) is 11.3 Å². The predicted octanol–water partition coefficient (Wildman–Crippen LogP) is 3.58. The average molecular weight is 350 g/mol. The molecule has 6 heteroatoms. The Morgan fingerprint density at radius 3 is 2.38 bits per heavy atom. The van der Waals surface area contributed by atoms with E-state index in [0.717, 1.165) is 11.1 Å². The summed E-state index contributed by atoms with van der Waals surface area (Å²) in [6, 6.07) is 12.0. The summed E-state index contributed by atoms with van der Waals surface area (Å²) in [6.07, 6.45) is 0. The summed E-state index contributed by atoms with van der Waals surface area (Å²) >= 11 is 0. The number of ketones is 1. The number of esters is 1. The lowest BCUT2D eigenvalue weighted by Crippen LogP contribution is -2.13. The number of carbonyl (C=O) groups excluding carboxylic acids is 2. The second-order valence-electron chi connectivity index (χ2n) is 5.99. The Balaban J connectivity index is 1.83. The van der Waals surface area contributed by atoms with Crippen LogP contribution in [0.4, 0.5) is 0 Å². The third kappa shape index (κ3) is 3.69. The first-order valence-corrected chi connectivity index (χ1v) is 8.13. The molecule has 3 rings (SSSR count). The van der Waals surface area contributed by atoms with Crippen LogP contribution in [0.5, 0.6) is 0 Å². The van der Waals surface area contributed by atoms with Gasteiger partial charge >= 0.3 is 5.97 Å². The Labute approximate surface area is 150 Å². The fourth-order valence-corrected chi connectivity index (χ4v) is 2.50. The summed E-state index contributed by atoms with van der Waals surface area (Å²) < 4.78 is 10.1. The van der Waals surface area contributed by atoms with Crippen molar-refractivity contribution >= 4 is 11.8 Å². The number of ether oxygens (including phenoxy) is 1. The van der Waals surface area contributed by atoms with Gasteiger partial charge in [0.25, 0.3) is 5.89 Å². The van der Waals surface area contributed by atoms with Crippen molar-refractivity contribution < 1.29 is 18.8 Å². The fraction of sp³-hybridized carbons (Fsp3) is 0.200. The number of benzene rings is 2. The van der Waals surface area contributed by atoms with Gasteiger partial charge in [-0.3, -0.25) is 4.79 Å². The Kier molecular flexibility index (Phi) is 4.93. The van der Waals surface area contributed by atoms with Crippen LogP contribution in [-0.4, -0.2) is 21.9 Å². The van der Waals surface area contributed by atoms with Crippen LogP contribution in [0.1, 0.15) is 49.1 Å². The van der Waals surface area contributed by atoms with Gasteiger partial charge in [-0.1, -0.05) is 35.5 Å². The van der Waals surface area contributed by atoms with Gasteiger partial charge in [0.2, 0.25) is 0 Å². The molecule has 0 bridgehead atoms. The van der Waals surface area contributed by atoms with Crippen molar-refractivity contribution in [1.29, 1.82) is 0 Å². The van der Waals surface area contributed by atoms with Crippen LogP contribution in [0.2, 0.25) is 0 Å². The first kappa shape index (κ1) is 17.5. The van der Waals surface area contributed by atoms with E-state index in [1.165, 1.54) is 0 Å². The van der Waals surface area contributed by atoms with Crippen LogP contribution in [0.15, 0.2) is 47.0 Å². The van der Waals surface area contributed by atoms with E-state index in [-0.39, 0.29) is 23.8 Å². The molecule has 0 atom stereocenters. The molecule has 132 valence electrons. The molecule has 0 amide bonds. The molecule has 0 aliphatic carbocycles. The average Bonchev–Trinajstić information content (AvgIpc) is 3.06. The minimum absolute atomic E-state index is 0.147. The van der Waals surface area contributed by atoms with E-state index in [9.17, 15) is 9.59 Å². The number of hydrogen-bond donors (Lipinski definition) is 0. The number of hydrogen-bond acceptors (Lipinski definition) is 6. The van der Waals surface area contributed by atoms with Gasteiger partial charge in [-0.15, -0.1) is 0 Å². The number of aromatic nitrogens is 2. The van der Waals surface area contributed by atoms with Gasteiger partial charge in [-0.05, 0) is 44.0 Å². The first-order valence-electron chi connectivity index (χ1n) is 8.13. The van der Waals surface area contributed by atoms with Crippen molar-refractivity contribution in [2.75, 3.05) is 0 Å². The molecule has 0 saturated heterocycles. The van der Waals surface area contributed by atoms with Gasteiger partial charge in [-0.2, -0.15) is 4.98 Å². The first-order chi connectivity index (χ1) is 12.5. The van der Waals surface area contributed by atoms with E-state index in [0.29, 0.717) is 17.0 Å². The summed E-state index contributed by atoms with van der Waals surface area (Å²) in [5, 5.41) is 3.64. The minimum atomic E-state index is -0.617. The van der Waals surface area contributed by atoms with Crippen LogP contribution >= 0.6 is 0 Å². The van der Waals surface area contributed by atoms with E-state index in [4.69, 9.17) is 9.26 Å². The molecular formula is C20H18N2O4. The van der Waals surface area contributed by atoms with Gasteiger partial charge in [-0.25, -0.2) is 4.79 Å². The SMILES string of the molecule is Cc1noc(COC(=O)c2ccccc2C(=O)c2ccc(C)c(C)c2)n1. The fourth-order valence-electron chi connectivity index (χ4n) is 2.50. The molecule has 0 radical (unpaired) electrons. The summed E-state index contributed by atoms with van der Waals surface area (Å²) in [5.41, 5.74) is 3.14. The standard InChI is InChI=1S/C20H18N2O4/c1-12-8-9-15(10-13(12)2)19(23)16-6-4-5-7-17(16)20(24)25-11-18-21-14(3)22-26-18/h4-10H,11H2,1-3H3. The highest BCUT2D eigenvalue weighted by Crippen LogP contribution is 2.18. The second-order valence-corrected chi connectivity index (χ2v) is 5.99. The lowest BCUT2D eigenvalue weighted by Gasteiger charge is -2.09. The number of aryl methyl sites for hydroxylation is 3. The van der Waals surface area contributed by atoms with Crippen molar-refractivity contribution in [2.45, 2.75) is 27.4 Å². The molecule has 0 aliphatic rings. The molecular weight excluding hydrogens is 332 g/mol. The molecule has 1 aromatic heterocycles. The van der Waals surface area contributed by atoms with Crippen LogP contribution < -0.4 is 0 Å². The molecule has 0 saturated carbocycles. The molecule has 0 aliphatic heterocycles. The minimum Gasteiger partial charge on any atom is -0.452 e. The highest BCUT2D eigenvalue weighted by atomic mass is 16.6. The van der Waals surface area contributed by atoms with Crippen molar-refractivity contribution in [1.82, 2.24) is 10.1 Å². The Bertz CT molecular complexity index is 975. The maximum atomic E-state index is 12.9. The third-order valence-corrected chi connectivity index (χ3v) is 4.06. The smallest absolute Gasteiger partial charge is 0.339 e. The van der Waals surface area contributed by atoms with Gasteiger partial charge in [0.05, 0.1) is 5.56 Å². The monoisotopic (exact) mass is 350 g/mol. The second kappa shape index (κ2) is 7.31. The highest BCUT2D eigenvalue weighted by molar-refractivity contribution is 6.14. The summed E-state index contributed by atoms with van der Waals surface area (Å²) in [4.78, 5) is 29.3. The highest BCUT2D eigenvalue weighted by Gasteiger charge is 2.20. The molecule has 26 heavy (non-hydrogen) atoms. The Hall–Kier alpha value is -3.28. The molecule has 1 heterocycles. The molecule has 0 N–H and O–H groups in total. The topological polar surface area (TPSA) is 82.3 Å². The number of nitrogens with zero attached hydrogens (tertiary/aromatic N) is 2. The zero-order chi connectivity index (χ0) is 18.7. The Morgan fingerprint density at radius 1 is 1.00 bits per heavy atom. The zero-order valence-electron chi connectivity index (χ0n) is 14.8. The van der Waals surface area contributed by atoms with E-state index in [1.807, 2.05) is 26.0 Å². The number of carbonyl (C=O) groups is 2. The molecule has 0 fully saturated rings. The lowest BCUT2D eigenvalue weighted by molar-refractivity contribution is 0.0427. The van der Waals surface area contributed by atoms with Crippen molar-refractivity contribution in [3.63, 3.8) is 0 Å². The van der Waals surface area contributed by atoms with Gasteiger partial charge in [0, 0.05) is 11.1 Å². The summed E-state index contributed by atoms with van der Waals surface area (Å²) in [5.74, 6) is -0.182. The van der Waals surface area contributed by atoms with Gasteiger partial charge < -0.3 is 9.26 Å². The molecule has 0 unspecified atom stereocenters. The lowest BCUT2D eigenvalue weighted by atomic mass is 9.96. The maximum absolute atomic E-state index is 12.9. The zero-order valence-corrected chi connectivity index (χ0v) is 14.8. The van der Waals surface area contributed by atoms with Crippen LogP contribution in [0.3, 0.4) is 0 Å². The van der Waals surface area contributed by atoms with Gasteiger partial charge in [0.15, 0.2) is 18.2 Å². The van der Waals surface area contributed by atoms with E-state index in [1.54, 1.807) is 37.3 Å². The molecule has 0 spiro atoms. The maximum Gasteiger partial charge on any atom is 0.339 e.